The molecule has 7 nitrogen and oxygen atoms in total. The van der Waals surface area contributed by atoms with Gasteiger partial charge >= 0.3 is 16.6 Å². The maximum Gasteiger partial charge on any atom is 0.367 e. The van der Waals surface area contributed by atoms with Gasteiger partial charge in [-0.15, -0.1) is 5.14 Å². The monoisotopic (exact) mass is 255 g/mol. The summed E-state index contributed by atoms with van der Waals surface area (Å²) in [6.45, 7) is 2.72. The summed E-state index contributed by atoms with van der Waals surface area (Å²) in [5, 5.41) is 4.80. The van der Waals surface area contributed by atoms with E-state index in [2.05, 4.69) is 4.72 Å². The van der Waals surface area contributed by atoms with Crippen LogP contribution in [0.25, 0.3) is 0 Å². The maximum atomic E-state index is 10.9. The highest BCUT2D eigenvalue weighted by molar-refractivity contribution is 7.93. The number of nitrogens with one attached hydrogen (secondary N) is 1. The van der Waals surface area contributed by atoms with Gasteiger partial charge in [0.15, 0.2) is 0 Å². The first-order valence-electron chi connectivity index (χ1n) is 4.98. The van der Waals surface area contributed by atoms with Crippen molar-refractivity contribution < 1.29 is 23.0 Å². The van der Waals surface area contributed by atoms with Gasteiger partial charge in [-0.25, -0.2) is 0 Å². The lowest BCUT2D eigenvalue weighted by atomic mass is 10.3. The van der Waals surface area contributed by atoms with Gasteiger partial charge in [0.2, 0.25) is 0 Å². The van der Waals surface area contributed by atoms with Gasteiger partial charge in [-0.05, 0) is 10.6 Å². The summed E-state index contributed by atoms with van der Waals surface area (Å²) in [6.07, 6.45) is 1.16. The zero-order valence-electron chi connectivity index (χ0n) is 9.31. The van der Waals surface area contributed by atoms with Crippen LogP contribution in [0.3, 0.4) is 0 Å². The predicted octanol–water partition coefficient (Wildman–Crippen LogP) is -0.303. The van der Waals surface area contributed by atoms with Crippen LogP contribution in [0.4, 0.5) is 0 Å². The van der Waals surface area contributed by atoms with Gasteiger partial charge in [-0.2, -0.15) is 4.55 Å². The van der Waals surface area contributed by atoms with Crippen molar-refractivity contribution in [3.8, 4) is 0 Å². The van der Waals surface area contributed by atoms with Crippen LogP contribution < -0.4 is 9.86 Å². The molecule has 0 heterocycles. The summed E-state index contributed by atoms with van der Waals surface area (Å²) in [7, 11) is -3.40. The number of hydrogen-bond acceptors (Lipinski definition) is 4. The van der Waals surface area contributed by atoms with Gasteiger partial charge in [0, 0.05) is 6.42 Å². The van der Waals surface area contributed by atoms with E-state index in [0.717, 1.165) is 6.42 Å². The molecule has 4 N–H and O–H groups in total. The molecule has 0 aliphatic rings. The first-order valence-corrected chi connectivity index (χ1v) is 6.56. The number of carbonyl (C=O) groups excluding carboxylic acids is 1. The summed E-state index contributed by atoms with van der Waals surface area (Å²) >= 11 is 0. The minimum atomic E-state index is -3.40. The van der Waals surface area contributed by atoms with Crippen molar-refractivity contribution in [2.24, 2.45) is 5.14 Å². The van der Waals surface area contributed by atoms with Crippen LogP contribution in [-0.4, -0.2) is 36.9 Å². The van der Waals surface area contributed by atoms with E-state index in [4.69, 9.17) is 19.2 Å². The number of hydrogen-bond donors (Lipinski definition) is 3. The number of ether oxygens (including phenoxy) is 2. The van der Waals surface area contributed by atoms with Crippen molar-refractivity contribution in [2.75, 3.05) is 26.4 Å². The largest absolute Gasteiger partial charge is 0.463 e. The van der Waals surface area contributed by atoms with Crippen LogP contribution in [-0.2, 0) is 29.1 Å². The highest BCUT2D eigenvalue weighted by Crippen LogP contribution is 1.90. The molecule has 8 heteroatoms. The van der Waals surface area contributed by atoms with E-state index in [1.807, 2.05) is 6.92 Å². The molecule has 0 rings (SSSR count). The van der Waals surface area contributed by atoms with E-state index in [9.17, 15) is 9.00 Å². The molecule has 0 saturated heterocycles. The SMILES string of the molecule is CCCC(=O)OCCOCCN[S+](N)(=O)O. The summed E-state index contributed by atoms with van der Waals surface area (Å²) in [5.74, 6) is -0.246. The summed E-state index contributed by atoms with van der Waals surface area (Å²) in [6, 6.07) is 0. The topological polar surface area (TPSA) is 111 Å². The van der Waals surface area contributed by atoms with Crippen LogP contribution in [0.2, 0.25) is 0 Å². The summed E-state index contributed by atoms with van der Waals surface area (Å²) in [4.78, 5) is 10.9. The Kier molecular flexibility index (Phi) is 8.30. The summed E-state index contributed by atoms with van der Waals surface area (Å²) in [5.41, 5.74) is 0. The molecule has 0 saturated carbocycles. The molecule has 0 aliphatic heterocycles. The van der Waals surface area contributed by atoms with E-state index in [0.29, 0.717) is 6.42 Å². The first-order chi connectivity index (χ1) is 7.45. The molecule has 96 valence electrons. The highest BCUT2D eigenvalue weighted by Gasteiger charge is 2.14. The molecule has 0 bridgehead atoms. The number of carbonyl (C=O) groups is 1. The zero-order valence-corrected chi connectivity index (χ0v) is 10.1. The predicted molar refractivity (Wildman–Crippen MR) is 59.6 cm³/mol. The van der Waals surface area contributed by atoms with Crippen molar-refractivity contribution in [1.29, 1.82) is 0 Å². The lowest BCUT2D eigenvalue weighted by Crippen LogP contribution is -2.39. The molecule has 0 aromatic rings. The fraction of sp³-hybridized carbons (Fsp3) is 0.875. The molecule has 0 aliphatic carbocycles. The van der Waals surface area contributed by atoms with Crippen LogP contribution in [0.15, 0.2) is 0 Å². The van der Waals surface area contributed by atoms with Crippen molar-refractivity contribution in [3.63, 3.8) is 0 Å². The Morgan fingerprint density at radius 1 is 1.44 bits per heavy atom. The fourth-order valence-electron chi connectivity index (χ4n) is 0.853. The molecule has 0 amide bonds. The third-order valence-electron chi connectivity index (χ3n) is 1.50. The average molecular weight is 255 g/mol. The average Bonchev–Trinajstić information content (AvgIpc) is 2.15. The Bertz CT molecular complexity index is 243. The lowest BCUT2D eigenvalue weighted by Gasteiger charge is -2.05. The first kappa shape index (κ1) is 15.5. The number of nitrogens with two attached hydrogens (primary N) is 1. The van der Waals surface area contributed by atoms with Gasteiger partial charge < -0.3 is 9.47 Å². The van der Waals surface area contributed by atoms with Crippen molar-refractivity contribution in [3.05, 3.63) is 0 Å². The quantitative estimate of drug-likeness (QED) is 0.297. The summed E-state index contributed by atoms with van der Waals surface area (Å²) < 4.78 is 31.2. The minimum Gasteiger partial charge on any atom is -0.463 e. The van der Waals surface area contributed by atoms with Gasteiger partial charge in [0.1, 0.15) is 6.61 Å². The normalized spacial score (nSPS) is 14.4. The Hall–Kier alpha value is -0.540. The molecule has 1 atom stereocenters. The molecule has 0 spiro atoms. The number of rotatable bonds is 9. The Labute approximate surface area is 96.2 Å². The Balaban J connectivity index is 3.22. The van der Waals surface area contributed by atoms with Crippen molar-refractivity contribution in [1.82, 2.24) is 4.72 Å². The van der Waals surface area contributed by atoms with Crippen molar-refractivity contribution >= 4 is 16.6 Å². The van der Waals surface area contributed by atoms with Gasteiger partial charge in [-0.3, -0.25) is 4.79 Å². The molecule has 0 aromatic carbocycles. The third kappa shape index (κ3) is 11.5. The fourth-order valence-corrected chi connectivity index (χ4v) is 1.23. The van der Waals surface area contributed by atoms with Crippen LogP contribution in [0, 0.1) is 0 Å². The second-order valence-corrected chi connectivity index (χ2v) is 4.47. The molecule has 0 aromatic heterocycles. The standard InChI is InChI=1S/C8H18N2O5S/c1-2-3-8(11)15-7-6-14-5-4-10-16(9,12)13/h2-7H2,1H3,(H3-,9,10,12,13)/p+1. The van der Waals surface area contributed by atoms with E-state index in [1.165, 1.54) is 0 Å². The van der Waals surface area contributed by atoms with Crippen LogP contribution >= 0.6 is 0 Å². The van der Waals surface area contributed by atoms with Crippen LogP contribution in [0.5, 0.6) is 0 Å². The lowest BCUT2D eigenvalue weighted by molar-refractivity contribution is -0.145. The molecule has 16 heavy (non-hydrogen) atoms. The van der Waals surface area contributed by atoms with E-state index in [1.54, 1.807) is 0 Å². The molecule has 1 unspecified atom stereocenters. The van der Waals surface area contributed by atoms with Gasteiger partial charge in [0.25, 0.3) is 0 Å². The van der Waals surface area contributed by atoms with E-state index >= 15 is 0 Å². The number of esters is 1. The maximum absolute atomic E-state index is 10.9. The Morgan fingerprint density at radius 3 is 2.69 bits per heavy atom. The molecular weight excluding hydrogens is 236 g/mol. The zero-order chi connectivity index (χ0) is 12.4. The molecular formula is C8H19N2O5S+. The van der Waals surface area contributed by atoms with E-state index in [-0.39, 0.29) is 32.3 Å². The minimum absolute atomic E-state index is 0.161. The van der Waals surface area contributed by atoms with Gasteiger partial charge in [-0.1, -0.05) is 11.6 Å². The van der Waals surface area contributed by atoms with E-state index < -0.39 is 10.6 Å². The third-order valence-corrected chi connectivity index (χ3v) is 2.12. The smallest absolute Gasteiger partial charge is 0.367 e. The van der Waals surface area contributed by atoms with Gasteiger partial charge in [0.05, 0.1) is 19.8 Å². The second kappa shape index (κ2) is 8.59. The molecule has 0 fully saturated rings. The second-order valence-electron chi connectivity index (χ2n) is 3.05. The van der Waals surface area contributed by atoms with Crippen LogP contribution in [0.1, 0.15) is 19.8 Å². The highest BCUT2D eigenvalue weighted by atomic mass is 32.3. The molecule has 0 radical (unpaired) electrons. The Morgan fingerprint density at radius 2 is 2.12 bits per heavy atom. The van der Waals surface area contributed by atoms with Crippen molar-refractivity contribution in [2.45, 2.75) is 19.8 Å².